The Bertz CT molecular complexity index is 3790. The molecule has 12 rings (SSSR count). The molecule has 8 N–H and O–H groups in total. The third-order valence-electron chi connectivity index (χ3n) is 14.7. The van der Waals surface area contributed by atoms with Gasteiger partial charge in [0.25, 0.3) is 17.7 Å². The number of nitrogens with one attached hydrogen (secondary N) is 6. The summed E-state index contributed by atoms with van der Waals surface area (Å²) in [6.07, 6.45) is 1.27. The van der Waals surface area contributed by atoms with Crippen molar-refractivity contribution < 1.29 is 48.5 Å². The molecule has 6 amide bonds. The average molecular weight is 1220 g/mol. The van der Waals surface area contributed by atoms with E-state index in [-0.39, 0.29) is 46.2 Å². The van der Waals surface area contributed by atoms with Crippen molar-refractivity contribution in [1.82, 2.24) is 56.2 Å². The van der Waals surface area contributed by atoms with Gasteiger partial charge in [0.05, 0.1) is 41.6 Å². The van der Waals surface area contributed by atoms with Gasteiger partial charge in [0.1, 0.15) is 77.2 Å². The molecule has 8 heterocycles. The number of carboxylic acid groups (broad SMARTS) is 1. The highest BCUT2D eigenvalue weighted by Crippen LogP contribution is 2.57. The zero-order chi connectivity index (χ0) is 57.5. The number of rotatable bonds is 10. The number of aliphatic carboxylic acids is 1. The predicted molar refractivity (Wildman–Crippen MR) is 309 cm³/mol. The minimum atomic E-state index is -1.28. The molecule has 3 aliphatic carbocycles. The number of carboxylic acids is 1. The molecule has 0 spiro atoms. The second-order valence-electron chi connectivity index (χ2n) is 19.7. The number of methoxy groups -OCH3 is 1. The van der Waals surface area contributed by atoms with Crippen molar-refractivity contribution >= 4 is 120 Å². The Morgan fingerprint density at radius 1 is 0.707 bits per heavy atom. The number of nitrogens with zero attached hydrogens (tertiary/aromatic N) is 7. The SMILES string of the molecule is CNC(=O)C[C@@H]1NC(=O)c2csc(n2)-c2ccc(-c3nc(NC(=O)C45CCC(C(=O)O)(CC4)CC5)cs3)nc2-c2csc(n2)-c2csc(n2)[C@H]([C@@H](O)c2ccccc2)NC(=O)CNC(=O)c2nc(sc2COC)NC(=O)c2nc1sc2C. The number of ether oxygens (including phenoxy) is 1. The van der Waals surface area contributed by atoms with Crippen LogP contribution in [-0.4, -0.2) is 107 Å². The van der Waals surface area contributed by atoms with Gasteiger partial charge in [0, 0.05) is 51.5 Å². The van der Waals surface area contributed by atoms with Crippen LogP contribution in [-0.2, 0) is 30.5 Å². The number of thiazole rings is 6. The van der Waals surface area contributed by atoms with E-state index in [1.807, 2.05) is 0 Å². The summed E-state index contributed by atoms with van der Waals surface area (Å²) in [4.78, 5) is 129. The maximum Gasteiger partial charge on any atom is 0.309 e. The minimum Gasteiger partial charge on any atom is -0.481 e. The van der Waals surface area contributed by atoms with E-state index in [2.05, 4.69) is 41.9 Å². The van der Waals surface area contributed by atoms with Gasteiger partial charge in [0.2, 0.25) is 17.7 Å². The molecule has 3 saturated carbocycles. The van der Waals surface area contributed by atoms with E-state index >= 15 is 0 Å². The first-order valence-electron chi connectivity index (χ1n) is 25.5. The number of fused-ring (bicyclic) bond motifs is 17. The van der Waals surface area contributed by atoms with Crippen LogP contribution in [0.5, 0.6) is 0 Å². The zero-order valence-corrected chi connectivity index (χ0v) is 48.6. The highest BCUT2D eigenvalue weighted by molar-refractivity contribution is 7.16. The Morgan fingerprint density at radius 2 is 1.40 bits per heavy atom. The van der Waals surface area contributed by atoms with Crippen molar-refractivity contribution in [3.8, 4) is 43.4 Å². The number of aliphatic hydroxyl groups is 1. The van der Waals surface area contributed by atoms with Crippen LogP contribution in [0.2, 0.25) is 0 Å². The van der Waals surface area contributed by atoms with Crippen LogP contribution in [0.4, 0.5) is 10.9 Å². The van der Waals surface area contributed by atoms with E-state index in [4.69, 9.17) is 29.7 Å². The zero-order valence-electron chi connectivity index (χ0n) is 43.7. The Labute approximate surface area is 490 Å². The smallest absolute Gasteiger partial charge is 0.309 e. The number of hydrogen-bond donors (Lipinski definition) is 8. The molecule has 0 radical (unpaired) electrons. The average Bonchev–Trinajstić information content (AvgIpc) is 3.51. The van der Waals surface area contributed by atoms with E-state index in [0.29, 0.717) is 108 Å². The molecule has 23 nitrogen and oxygen atoms in total. The fourth-order valence-corrected chi connectivity index (χ4v) is 15.2. The van der Waals surface area contributed by atoms with E-state index < -0.39 is 71.1 Å². The van der Waals surface area contributed by atoms with Gasteiger partial charge >= 0.3 is 5.97 Å². The van der Waals surface area contributed by atoms with Crippen LogP contribution >= 0.6 is 68.0 Å². The minimum absolute atomic E-state index is 0.0126. The fraction of sp³-hybridized carbons (Fsp3) is 0.321. The Morgan fingerprint density at radius 3 is 2.15 bits per heavy atom. The van der Waals surface area contributed by atoms with Gasteiger partial charge in [-0.25, -0.2) is 34.9 Å². The molecular weight excluding hydrogens is 1170 g/mol. The first-order valence-corrected chi connectivity index (χ1v) is 30.7. The number of carbonyl (C=O) groups is 7. The third-order valence-corrected chi connectivity index (χ3v) is 20.2. The van der Waals surface area contributed by atoms with E-state index in [1.54, 1.807) is 70.9 Å². The second-order valence-corrected chi connectivity index (χ2v) is 25.5. The number of hydrogen-bond acceptors (Lipinski definition) is 22. The third kappa shape index (κ3) is 11.3. The van der Waals surface area contributed by atoms with E-state index in [0.717, 1.165) is 22.7 Å². The molecule has 1 aromatic carbocycles. The van der Waals surface area contributed by atoms with Crippen LogP contribution in [0.1, 0.15) is 120 Å². The van der Waals surface area contributed by atoms with Crippen LogP contribution in [0, 0.1) is 17.8 Å². The second kappa shape index (κ2) is 23.3. The highest BCUT2D eigenvalue weighted by Gasteiger charge is 2.55. The van der Waals surface area contributed by atoms with E-state index in [9.17, 15) is 43.8 Å². The maximum atomic E-state index is 14.2. The Hall–Kier alpha value is -7.64. The monoisotopic (exact) mass is 1220 g/mol. The van der Waals surface area contributed by atoms with Crippen molar-refractivity contribution in [3.63, 3.8) is 0 Å². The molecule has 82 heavy (non-hydrogen) atoms. The standard InChI is InChI=1S/C53H49N13O10S6/c1-24-36-43(72)66-51-65-38(32(82-51)19-76-3)42(71)55-18-35(68)63-39(40(69)25-7-5-4-6-8-25)48-60-31(22-79-48)46-58-29(20-78-46)37-26(44-59-30(21-77-44)41(70)57-28(17-34(67)54-2)47(64-36)81-24)9-10-27(56-37)45-61-33(23-80-45)62-49(73)52-11-14-53(15-12-52,16-13-52)50(74)75/h4-10,20-23,28,39-40,69H,11-19H2,1-3H3,(H,54,67)(H,55,71)(H,57,70)(H,62,73)(H,63,68)(H,74,75)(H,65,66,72)/t28-,39-,40-,52?,53?/m0/s1. The highest BCUT2D eigenvalue weighted by atomic mass is 32.1. The number of pyridine rings is 1. The first-order chi connectivity index (χ1) is 39.5. The van der Waals surface area contributed by atoms with Crippen molar-refractivity contribution in [3.05, 3.63) is 106 Å². The summed E-state index contributed by atoms with van der Waals surface area (Å²) in [6.45, 7) is 1.08. The summed E-state index contributed by atoms with van der Waals surface area (Å²) in [5.41, 5.74) is 1.11. The molecular formula is C53H49N13O10S6. The number of aromatic nitrogens is 7. The molecule has 12 bridgehead atoms. The van der Waals surface area contributed by atoms with Crippen LogP contribution in [0.15, 0.2) is 64.0 Å². The van der Waals surface area contributed by atoms with Gasteiger partial charge < -0.3 is 41.5 Å². The number of anilines is 2. The molecule has 0 unspecified atom stereocenters. The Kier molecular flexibility index (Phi) is 16.0. The topological polar surface area (TPSA) is 332 Å². The molecule has 3 atom stereocenters. The molecule has 422 valence electrons. The van der Waals surface area contributed by atoms with Gasteiger partial charge in [-0.1, -0.05) is 41.7 Å². The lowest BCUT2D eigenvalue weighted by molar-refractivity contribution is -0.162. The van der Waals surface area contributed by atoms with E-state index in [1.165, 1.54) is 59.5 Å². The van der Waals surface area contributed by atoms with Crippen LogP contribution < -0.4 is 31.9 Å². The first kappa shape index (κ1) is 56.2. The lowest BCUT2D eigenvalue weighted by Gasteiger charge is -2.50. The lowest BCUT2D eigenvalue weighted by atomic mass is 9.53. The van der Waals surface area contributed by atoms with Gasteiger partial charge in [0.15, 0.2) is 5.13 Å². The fourth-order valence-electron chi connectivity index (χ4n) is 10.1. The summed E-state index contributed by atoms with van der Waals surface area (Å²) in [5.74, 6) is -3.76. The maximum absolute atomic E-state index is 14.2. The van der Waals surface area contributed by atoms with Gasteiger partial charge in [-0.05, 0) is 63.1 Å². The van der Waals surface area contributed by atoms with Crippen molar-refractivity contribution in [2.24, 2.45) is 10.8 Å². The summed E-state index contributed by atoms with van der Waals surface area (Å²) in [7, 11) is 2.89. The molecule has 8 aromatic rings. The molecule has 1 aliphatic heterocycles. The summed E-state index contributed by atoms with van der Waals surface area (Å²) in [6, 6.07) is 10.2. The number of aryl methyl sites for hydroxylation is 1. The molecule has 29 heteroatoms. The van der Waals surface area contributed by atoms with Gasteiger partial charge in [-0.3, -0.25) is 38.9 Å². The molecule has 3 fully saturated rings. The van der Waals surface area contributed by atoms with Crippen molar-refractivity contribution in [2.75, 3.05) is 31.3 Å². The predicted octanol–water partition coefficient (Wildman–Crippen LogP) is 7.80. The summed E-state index contributed by atoms with van der Waals surface area (Å²) >= 11 is 6.97. The summed E-state index contributed by atoms with van der Waals surface area (Å²) < 4.78 is 5.34. The van der Waals surface area contributed by atoms with Gasteiger partial charge in [-0.15, -0.1) is 56.7 Å². The number of aliphatic hydroxyl groups excluding tert-OH is 1. The lowest BCUT2D eigenvalue weighted by Crippen LogP contribution is -2.50. The molecule has 4 aliphatic rings. The van der Waals surface area contributed by atoms with Gasteiger partial charge in [-0.2, -0.15) is 0 Å². The normalized spacial score (nSPS) is 20.5. The molecule has 7 aromatic heterocycles. The Balaban J connectivity index is 0.957. The largest absolute Gasteiger partial charge is 0.481 e. The number of benzene rings is 1. The number of carbonyl (C=O) groups excluding carboxylic acids is 6. The summed E-state index contributed by atoms with van der Waals surface area (Å²) in [5, 5.41) is 47.2. The number of amides is 6. The van der Waals surface area contributed by atoms with Crippen molar-refractivity contribution in [2.45, 2.75) is 76.7 Å². The van der Waals surface area contributed by atoms with Crippen LogP contribution in [0.3, 0.4) is 0 Å². The quantitative estimate of drug-likeness (QED) is 0.0647. The molecule has 0 saturated heterocycles. The van der Waals surface area contributed by atoms with Crippen LogP contribution in [0.25, 0.3) is 43.4 Å². The van der Waals surface area contributed by atoms with Crippen molar-refractivity contribution in [1.29, 1.82) is 0 Å².